The number of rotatable bonds is 5. The molecule has 1 rings (SSSR count). The van der Waals surface area contributed by atoms with Crippen molar-refractivity contribution in [1.29, 1.82) is 0 Å². The molecule has 0 spiro atoms. The fraction of sp³-hybridized carbons (Fsp3) is 0.583. The lowest BCUT2D eigenvalue weighted by atomic mass is 9.79. The van der Waals surface area contributed by atoms with Gasteiger partial charge in [0.15, 0.2) is 0 Å². The van der Waals surface area contributed by atoms with Crippen molar-refractivity contribution in [2.75, 3.05) is 0 Å². The molecule has 1 unspecified atom stereocenters. The summed E-state index contributed by atoms with van der Waals surface area (Å²) in [4.78, 5) is 3.98. The zero-order valence-corrected chi connectivity index (χ0v) is 10.9. The minimum Gasteiger partial charge on any atom is -0.271 e. The van der Waals surface area contributed by atoms with Crippen LogP contribution in [0.25, 0.3) is 0 Å². The molecule has 0 amide bonds. The molecule has 0 saturated heterocycles. The predicted octanol–water partition coefficient (Wildman–Crippen LogP) is 2.55. The van der Waals surface area contributed by atoms with E-state index in [-0.39, 0.29) is 11.5 Å². The number of aromatic nitrogens is 1. The molecular weight excluding hydrogens is 222 g/mol. The van der Waals surface area contributed by atoms with Crippen LogP contribution in [-0.4, -0.2) is 11.0 Å². The largest absolute Gasteiger partial charge is 0.271 e. The van der Waals surface area contributed by atoms with Crippen molar-refractivity contribution in [1.82, 2.24) is 10.4 Å². The molecule has 0 bridgehead atoms. The summed E-state index contributed by atoms with van der Waals surface area (Å²) in [7, 11) is 0. The van der Waals surface area contributed by atoms with Gasteiger partial charge in [0.1, 0.15) is 0 Å². The lowest BCUT2D eigenvalue weighted by Gasteiger charge is -2.33. The number of pyridine rings is 1. The van der Waals surface area contributed by atoms with Gasteiger partial charge in [-0.1, -0.05) is 32.4 Å². The van der Waals surface area contributed by atoms with Gasteiger partial charge < -0.3 is 0 Å². The topological polar surface area (TPSA) is 50.9 Å². The van der Waals surface area contributed by atoms with E-state index in [4.69, 9.17) is 17.4 Å². The van der Waals surface area contributed by atoms with Gasteiger partial charge in [0.05, 0.1) is 5.02 Å². The first-order valence-electron chi connectivity index (χ1n) is 5.55. The Balaban J connectivity index is 2.82. The molecule has 0 aliphatic rings. The molecule has 0 saturated carbocycles. The maximum atomic E-state index is 6.09. The third kappa shape index (κ3) is 3.17. The molecule has 16 heavy (non-hydrogen) atoms. The Morgan fingerprint density at radius 2 is 2.25 bits per heavy atom. The van der Waals surface area contributed by atoms with Crippen LogP contribution in [0.15, 0.2) is 18.5 Å². The molecule has 4 heteroatoms. The average Bonchev–Trinajstić information content (AvgIpc) is 2.27. The molecule has 0 aliphatic carbocycles. The van der Waals surface area contributed by atoms with Gasteiger partial charge in [0, 0.05) is 18.4 Å². The Morgan fingerprint density at radius 3 is 2.75 bits per heavy atom. The van der Waals surface area contributed by atoms with Crippen LogP contribution in [0, 0.1) is 5.41 Å². The Bertz CT molecular complexity index is 339. The van der Waals surface area contributed by atoms with Gasteiger partial charge in [-0.2, -0.15) is 0 Å². The van der Waals surface area contributed by atoms with Crippen LogP contribution in [-0.2, 0) is 6.42 Å². The highest BCUT2D eigenvalue weighted by atomic mass is 35.5. The number of nitrogens with two attached hydrogens (primary N) is 1. The van der Waals surface area contributed by atoms with Crippen molar-refractivity contribution in [3.05, 3.63) is 29.0 Å². The molecular formula is C12H20ClN3. The number of nitrogens with zero attached hydrogens (tertiary/aromatic N) is 1. The minimum atomic E-state index is 0.140. The van der Waals surface area contributed by atoms with Gasteiger partial charge in [0.2, 0.25) is 0 Å². The third-order valence-corrected chi connectivity index (χ3v) is 3.68. The number of hydrogen-bond acceptors (Lipinski definition) is 3. The van der Waals surface area contributed by atoms with Crippen molar-refractivity contribution in [3.8, 4) is 0 Å². The van der Waals surface area contributed by atoms with E-state index in [0.29, 0.717) is 5.02 Å². The molecule has 0 aliphatic heterocycles. The first-order valence-corrected chi connectivity index (χ1v) is 5.93. The second-order valence-electron chi connectivity index (χ2n) is 4.73. The highest BCUT2D eigenvalue weighted by Gasteiger charge is 2.27. The van der Waals surface area contributed by atoms with E-state index < -0.39 is 0 Å². The van der Waals surface area contributed by atoms with Crippen LogP contribution in [0.2, 0.25) is 5.02 Å². The Morgan fingerprint density at radius 1 is 1.56 bits per heavy atom. The monoisotopic (exact) mass is 241 g/mol. The molecule has 1 aromatic heterocycles. The number of nitrogens with one attached hydrogen (secondary N) is 1. The summed E-state index contributed by atoms with van der Waals surface area (Å²) in [5.41, 5.74) is 4.11. The van der Waals surface area contributed by atoms with Crippen LogP contribution in [0.1, 0.15) is 32.8 Å². The summed E-state index contributed by atoms with van der Waals surface area (Å²) in [6.07, 6.45) is 5.31. The summed E-state index contributed by atoms with van der Waals surface area (Å²) >= 11 is 6.09. The van der Waals surface area contributed by atoms with Gasteiger partial charge >= 0.3 is 0 Å². The van der Waals surface area contributed by atoms with Crippen molar-refractivity contribution in [2.24, 2.45) is 11.3 Å². The van der Waals surface area contributed by atoms with Crippen LogP contribution in [0.3, 0.4) is 0 Å². The Hall–Kier alpha value is -0.640. The number of halogens is 1. The molecule has 0 radical (unpaired) electrons. The van der Waals surface area contributed by atoms with Crippen LogP contribution in [0.4, 0.5) is 0 Å². The summed E-state index contributed by atoms with van der Waals surface area (Å²) in [6.45, 7) is 6.57. The third-order valence-electron chi connectivity index (χ3n) is 3.34. The summed E-state index contributed by atoms with van der Waals surface area (Å²) in [5.74, 6) is 5.62. The van der Waals surface area contributed by atoms with E-state index in [1.165, 1.54) is 0 Å². The zero-order chi connectivity index (χ0) is 12.2. The van der Waals surface area contributed by atoms with Gasteiger partial charge in [-0.25, -0.2) is 0 Å². The smallest absolute Gasteiger partial charge is 0.0621 e. The van der Waals surface area contributed by atoms with Crippen molar-refractivity contribution >= 4 is 11.6 Å². The first-order chi connectivity index (χ1) is 7.51. The number of hydrazine groups is 1. The van der Waals surface area contributed by atoms with Gasteiger partial charge in [-0.3, -0.25) is 16.3 Å². The lowest BCUT2D eigenvalue weighted by molar-refractivity contribution is 0.231. The normalized spacial score (nSPS) is 13.8. The Labute approximate surface area is 102 Å². The highest BCUT2D eigenvalue weighted by molar-refractivity contribution is 6.31. The van der Waals surface area contributed by atoms with E-state index in [9.17, 15) is 0 Å². The van der Waals surface area contributed by atoms with Crippen molar-refractivity contribution < 1.29 is 0 Å². The molecule has 1 atom stereocenters. The summed E-state index contributed by atoms with van der Waals surface area (Å²) in [5, 5.41) is 0.703. The maximum Gasteiger partial charge on any atom is 0.0621 e. The second-order valence-corrected chi connectivity index (χ2v) is 5.14. The molecule has 90 valence electrons. The fourth-order valence-corrected chi connectivity index (χ4v) is 1.79. The average molecular weight is 242 g/mol. The molecule has 3 N–H and O–H groups in total. The van der Waals surface area contributed by atoms with Crippen LogP contribution in [0.5, 0.6) is 0 Å². The second kappa shape index (κ2) is 5.62. The van der Waals surface area contributed by atoms with E-state index in [0.717, 1.165) is 18.4 Å². The predicted molar refractivity (Wildman–Crippen MR) is 68.1 cm³/mol. The zero-order valence-electron chi connectivity index (χ0n) is 10.1. The van der Waals surface area contributed by atoms with Gasteiger partial charge in [-0.15, -0.1) is 0 Å². The number of hydrogen-bond donors (Lipinski definition) is 2. The van der Waals surface area contributed by atoms with Gasteiger partial charge in [-0.05, 0) is 29.9 Å². The van der Waals surface area contributed by atoms with Crippen LogP contribution < -0.4 is 11.3 Å². The van der Waals surface area contributed by atoms with Gasteiger partial charge in [0.25, 0.3) is 0 Å². The van der Waals surface area contributed by atoms with E-state index in [1.54, 1.807) is 12.4 Å². The maximum absolute atomic E-state index is 6.09. The molecule has 1 aromatic rings. The van der Waals surface area contributed by atoms with Crippen molar-refractivity contribution in [2.45, 2.75) is 39.7 Å². The standard InChI is InChI=1S/C12H20ClN3/c1-4-12(2,3)11(16-14)7-9-5-6-15-8-10(9)13/h5-6,8,11,16H,4,7,14H2,1-3H3. The van der Waals surface area contributed by atoms with E-state index >= 15 is 0 Å². The molecule has 1 heterocycles. The highest BCUT2D eigenvalue weighted by Crippen LogP contribution is 2.28. The lowest BCUT2D eigenvalue weighted by Crippen LogP contribution is -2.46. The quantitative estimate of drug-likeness (QED) is 0.615. The first kappa shape index (κ1) is 13.4. The SMILES string of the molecule is CCC(C)(C)C(Cc1ccncc1Cl)NN. The molecule has 0 aromatic carbocycles. The minimum absolute atomic E-state index is 0.140. The summed E-state index contributed by atoms with van der Waals surface area (Å²) in [6, 6.07) is 2.15. The van der Waals surface area contributed by atoms with Crippen LogP contribution >= 0.6 is 11.6 Å². The van der Waals surface area contributed by atoms with E-state index in [2.05, 4.69) is 31.2 Å². The van der Waals surface area contributed by atoms with E-state index in [1.807, 2.05) is 6.07 Å². The fourth-order valence-electron chi connectivity index (χ4n) is 1.60. The molecule has 3 nitrogen and oxygen atoms in total. The summed E-state index contributed by atoms with van der Waals surface area (Å²) < 4.78 is 0. The Kier molecular flexibility index (Phi) is 4.71. The molecule has 0 fully saturated rings. The van der Waals surface area contributed by atoms with Crippen molar-refractivity contribution in [3.63, 3.8) is 0 Å².